The van der Waals surface area contributed by atoms with Gasteiger partial charge in [0.25, 0.3) is 0 Å². The van der Waals surface area contributed by atoms with Gasteiger partial charge in [0, 0.05) is 12.1 Å². The molecule has 4 heteroatoms. The predicted octanol–water partition coefficient (Wildman–Crippen LogP) is 2.23. The summed E-state index contributed by atoms with van der Waals surface area (Å²) < 4.78 is 18.2. The number of benzene rings is 1. The van der Waals surface area contributed by atoms with E-state index < -0.39 is 0 Å². The lowest BCUT2D eigenvalue weighted by atomic mass is 10.2. The number of nitrogens with zero attached hydrogens (tertiary/aromatic N) is 1. The molecule has 0 aliphatic heterocycles. The molecule has 1 aromatic rings. The zero-order chi connectivity index (χ0) is 11.8. The van der Waals surface area contributed by atoms with Crippen LogP contribution < -0.4 is 10.1 Å². The van der Waals surface area contributed by atoms with Crippen LogP contribution in [0, 0.1) is 17.1 Å². The SMILES string of the molecule is CCCNCc1cc(F)ccc1OCC#N. The van der Waals surface area contributed by atoms with Gasteiger partial charge in [0.15, 0.2) is 6.61 Å². The van der Waals surface area contributed by atoms with Gasteiger partial charge in [0.2, 0.25) is 0 Å². The molecule has 3 nitrogen and oxygen atoms in total. The first-order chi connectivity index (χ1) is 7.77. The lowest BCUT2D eigenvalue weighted by molar-refractivity contribution is 0.361. The molecule has 0 saturated carbocycles. The van der Waals surface area contributed by atoms with Crippen molar-refractivity contribution in [2.75, 3.05) is 13.2 Å². The molecule has 0 atom stereocenters. The topological polar surface area (TPSA) is 45.0 Å². The maximum absolute atomic E-state index is 13.0. The van der Waals surface area contributed by atoms with Crippen LogP contribution in [0.5, 0.6) is 5.75 Å². The quantitative estimate of drug-likeness (QED) is 0.751. The Morgan fingerprint density at radius 1 is 1.50 bits per heavy atom. The van der Waals surface area contributed by atoms with Crippen LogP contribution in [0.4, 0.5) is 4.39 Å². The summed E-state index contributed by atoms with van der Waals surface area (Å²) in [6, 6.07) is 6.20. The molecule has 0 bridgehead atoms. The van der Waals surface area contributed by atoms with Gasteiger partial charge in [-0.15, -0.1) is 0 Å². The minimum absolute atomic E-state index is 0.0214. The molecule has 0 saturated heterocycles. The van der Waals surface area contributed by atoms with Crippen molar-refractivity contribution in [2.45, 2.75) is 19.9 Å². The molecule has 1 rings (SSSR count). The van der Waals surface area contributed by atoms with E-state index in [1.807, 2.05) is 6.07 Å². The molecule has 0 aliphatic carbocycles. The molecule has 1 N–H and O–H groups in total. The van der Waals surface area contributed by atoms with Gasteiger partial charge in [-0.25, -0.2) is 4.39 Å². The van der Waals surface area contributed by atoms with Crippen molar-refractivity contribution in [3.63, 3.8) is 0 Å². The molecule has 0 unspecified atom stereocenters. The number of hydrogen-bond acceptors (Lipinski definition) is 3. The molecule has 0 aliphatic rings. The standard InChI is InChI=1S/C12H15FN2O/c1-2-6-15-9-10-8-11(13)3-4-12(10)16-7-5-14/h3-4,8,15H,2,6-7,9H2,1H3. The van der Waals surface area contributed by atoms with Gasteiger partial charge in [0.05, 0.1) is 0 Å². The number of hydrogen-bond donors (Lipinski definition) is 1. The highest BCUT2D eigenvalue weighted by molar-refractivity contribution is 5.34. The Morgan fingerprint density at radius 3 is 3.00 bits per heavy atom. The van der Waals surface area contributed by atoms with Crippen molar-refractivity contribution in [1.29, 1.82) is 5.26 Å². The van der Waals surface area contributed by atoms with Crippen LogP contribution >= 0.6 is 0 Å². The van der Waals surface area contributed by atoms with E-state index in [0.29, 0.717) is 12.3 Å². The third kappa shape index (κ3) is 3.87. The van der Waals surface area contributed by atoms with Gasteiger partial charge in [-0.2, -0.15) is 5.26 Å². The van der Waals surface area contributed by atoms with Gasteiger partial charge in [-0.05, 0) is 31.2 Å². The molecule has 0 aromatic heterocycles. The maximum Gasteiger partial charge on any atom is 0.174 e. The third-order valence-electron chi connectivity index (χ3n) is 2.06. The molecular weight excluding hydrogens is 207 g/mol. The molecule has 0 amide bonds. The van der Waals surface area contributed by atoms with Crippen LogP contribution in [-0.2, 0) is 6.54 Å². The van der Waals surface area contributed by atoms with Crippen LogP contribution in [-0.4, -0.2) is 13.2 Å². The summed E-state index contributed by atoms with van der Waals surface area (Å²) in [7, 11) is 0. The molecule has 16 heavy (non-hydrogen) atoms. The van der Waals surface area contributed by atoms with Crippen molar-refractivity contribution in [3.05, 3.63) is 29.6 Å². The Morgan fingerprint density at radius 2 is 2.31 bits per heavy atom. The normalized spacial score (nSPS) is 9.81. The summed E-state index contributed by atoms with van der Waals surface area (Å²) in [4.78, 5) is 0. The second-order valence-corrected chi connectivity index (χ2v) is 3.38. The third-order valence-corrected chi connectivity index (χ3v) is 2.06. The lowest BCUT2D eigenvalue weighted by Crippen LogP contribution is -2.15. The molecule has 0 radical (unpaired) electrons. The zero-order valence-corrected chi connectivity index (χ0v) is 9.29. The maximum atomic E-state index is 13.0. The number of halogens is 1. The first kappa shape index (κ1) is 12.5. The number of nitrogens with one attached hydrogen (secondary N) is 1. The minimum atomic E-state index is -0.294. The minimum Gasteiger partial charge on any atom is -0.478 e. The van der Waals surface area contributed by atoms with Gasteiger partial charge in [-0.3, -0.25) is 0 Å². The summed E-state index contributed by atoms with van der Waals surface area (Å²) in [5.41, 5.74) is 0.740. The van der Waals surface area contributed by atoms with Crippen LogP contribution in [0.1, 0.15) is 18.9 Å². The fourth-order valence-corrected chi connectivity index (χ4v) is 1.34. The van der Waals surface area contributed by atoms with E-state index in [9.17, 15) is 4.39 Å². The molecule has 1 aromatic carbocycles. The molecule has 0 heterocycles. The average molecular weight is 222 g/mol. The van der Waals surface area contributed by atoms with E-state index in [1.54, 1.807) is 6.07 Å². The smallest absolute Gasteiger partial charge is 0.174 e. The summed E-state index contributed by atoms with van der Waals surface area (Å²) in [6.07, 6.45) is 1.02. The van der Waals surface area contributed by atoms with Gasteiger partial charge >= 0.3 is 0 Å². The Labute approximate surface area is 94.8 Å². The number of rotatable bonds is 6. The van der Waals surface area contributed by atoms with E-state index in [4.69, 9.17) is 10.00 Å². The predicted molar refractivity (Wildman–Crippen MR) is 59.5 cm³/mol. The first-order valence-corrected chi connectivity index (χ1v) is 5.26. The Balaban J connectivity index is 2.69. The summed E-state index contributed by atoms with van der Waals surface area (Å²) in [5.74, 6) is 0.268. The second kappa shape index (κ2) is 6.81. The summed E-state index contributed by atoms with van der Waals surface area (Å²) in [5, 5.41) is 11.6. The van der Waals surface area contributed by atoms with Crippen LogP contribution in [0.2, 0.25) is 0 Å². The van der Waals surface area contributed by atoms with E-state index in [-0.39, 0.29) is 12.4 Å². The molecule has 0 fully saturated rings. The van der Waals surface area contributed by atoms with Gasteiger partial charge < -0.3 is 10.1 Å². The van der Waals surface area contributed by atoms with Crippen molar-refractivity contribution in [2.24, 2.45) is 0 Å². The van der Waals surface area contributed by atoms with E-state index in [1.165, 1.54) is 12.1 Å². The average Bonchev–Trinajstić information content (AvgIpc) is 2.28. The Kier molecular flexibility index (Phi) is 5.30. The van der Waals surface area contributed by atoms with Crippen molar-refractivity contribution in [3.8, 4) is 11.8 Å². The molecule has 0 spiro atoms. The van der Waals surface area contributed by atoms with Crippen molar-refractivity contribution < 1.29 is 9.13 Å². The highest BCUT2D eigenvalue weighted by Gasteiger charge is 2.04. The largest absolute Gasteiger partial charge is 0.478 e. The monoisotopic (exact) mass is 222 g/mol. The van der Waals surface area contributed by atoms with Crippen LogP contribution in [0.25, 0.3) is 0 Å². The van der Waals surface area contributed by atoms with Crippen molar-refractivity contribution in [1.82, 2.24) is 5.32 Å². The zero-order valence-electron chi connectivity index (χ0n) is 9.29. The fourth-order valence-electron chi connectivity index (χ4n) is 1.34. The van der Waals surface area contributed by atoms with Gasteiger partial charge in [0.1, 0.15) is 17.6 Å². The summed E-state index contributed by atoms with van der Waals surface area (Å²) in [6.45, 7) is 3.46. The summed E-state index contributed by atoms with van der Waals surface area (Å²) >= 11 is 0. The fraction of sp³-hybridized carbons (Fsp3) is 0.417. The van der Waals surface area contributed by atoms with E-state index >= 15 is 0 Å². The van der Waals surface area contributed by atoms with Crippen LogP contribution in [0.15, 0.2) is 18.2 Å². The molecule has 86 valence electrons. The Bertz CT molecular complexity index is 374. The lowest BCUT2D eigenvalue weighted by Gasteiger charge is -2.10. The first-order valence-electron chi connectivity index (χ1n) is 5.26. The number of nitriles is 1. The van der Waals surface area contributed by atoms with Crippen molar-refractivity contribution >= 4 is 0 Å². The second-order valence-electron chi connectivity index (χ2n) is 3.38. The van der Waals surface area contributed by atoms with E-state index in [0.717, 1.165) is 18.5 Å². The Hall–Kier alpha value is -1.60. The van der Waals surface area contributed by atoms with Gasteiger partial charge in [-0.1, -0.05) is 6.92 Å². The van der Waals surface area contributed by atoms with Crippen LogP contribution in [0.3, 0.4) is 0 Å². The number of ether oxygens (including phenoxy) is 1. The van der Waals surface area contributed by atoms with E-state index in [2.05, 4.69) is 12.2 Å². The highest BCUT2D eigenvalue weighted by Crippen LogP contribution is 2.19. The molecular formula is C12H15FN2O. The highest BCUT2D eigenvalue weighted by atomic mass is 19.1.